The third-order valence-electron chi connectivity index (χ3n) is 2.49. The first-order valence-corrected chi connectivity index (χ1v) is 4.80. The molecule has 1 aliphatic rings. The van der Waals surface area contributed by atoms with Crippen LogP contribution in [0.1, 0.15) is 30.6 Å². The number of halogens is 2. The normalized spacial score (nSPS) is 33.5. The molecule has 1 fully saturated rings. The molecule has 0 N–H and O–H groups in total. The van der Waals surface area contributed by atoms with Crippen LogP contribution in [0.25, 0.3) is 0 Å². The summed E-state index contributed by atoms with van der Waals surface area (Å²) in [6, 6.07) is -2.65. The Hall–Kier alpha value is -0.530. The molecule has 1 saturated carbocycles. The Bertz CT molecular complexity index is 572. The second kappa shape index (κ2) is 2.98. The van der Waals surface area contributed by atoms with E-state index in [0.29, 0.717) is 0 Å². The van der Waals surface area contributed by atoms with E-state index >= 15 is 0 Å². The monoisotopic (exact) mass is 233 g/mol. The number of Topliss-reactive ketones (excluding diaryl/α,β-unsaturated/α-hetero) is 1. The van der Waals surface area contributed by atoms with E-state index in [1.807, 2.05) is 0 Å². The second-order valence-electron chi connectivity index (χ2n) is 3.54. The van der Waals surface area contributed by atoms with E-state index in [2.05, 4.69) is 0 Å². The van der Waals surface area contributed by atoms with Gasteiger partial charge in [-0.3, -0.25) is 4.79 Å². The lowest BCUT2D eigenvalue weighted by atomic mass is 9.97. The zero-order chi connectivity index (χ0) is 14.7. The minimum Gasteiger partial charge on any atom is -0.293 e. The van der Waals surface area contributed by atoms with E-state index in [1.54, 1.807) is 0 Å². The highest BCUT2D eigenvalue weighted by atomic mass is 35.5. The van der Waals surface area contributed by atoms with Gasteiger partial charge in [0, 0.05) is 5.56 Å². The van der Waals surface area contributed by atoms with Crippen LogP contribution in [-0.2, 0) is 0 Å². The van der Waals surface area contributed by atoms with Crippen LogP contribution in [0.4, 0.5) is 0 Å². The molecule has 2 rings (SSSR count). The summed E-state index contributed by atoms with van der Waals surface area (Å²) in [4.78, 5) is 12.4. The van der Waals surface area contributed by atoms with Gasteiger partial charge in [-0.05, 0) is 13.3 Å². The largest absolute Gasteiger partial charge is 0.293 e. The van der Waals surface area contributed by atoms with Crippen molar-refractivity contribution in [2.24, 2.45) is 5.41 Å². The standard InChI is InChI=1S/C11H10Cl2O/c1-10(7-11(10,12)13)9(14)8-5-3-2-4-6-8/h2-6H,7H2,1H3/i2D,3D,4D,5D,6D. The van der Waals surface area contributed by atoms with Gasteiger partial charge in [0.15, 0.2) is 5.78 Å². The van der Waals surface area contributed by atoms with Crippen LogP contribution in [0.5, 0.6) is 0 Å². The molecule has 0 radical (unpaired) electrons. The van der Waals surface area contributed by atoms with Crippen molar-refractivity contribution in [2.45, 2.75) is 17.7 Å². The predicted molar refractivity (Wildman–Crippen MR) is 57.9 cm³/mol. The number of hydrogen-bond donors (Lipinski definition) is 0. The fourth-order valence-corrected chi connectivity index (χ4v) is 1.99. The van der Waals surface area contributed by atoms with Gasteiger partial charge >= 0.3 is 0 Å². The van der Waals surface area contributed by atoms with Crippen LogP contribution in [0.15, 0.2) is 30.2 Å². The molecular weight excluding hydrogens is 219 g/mol. The minimum absolute atomic E-state index is 0.199. The molecule has 1 aromatic rings. The highest BCUT2D eigenvalue weighted by molar-refractivity contribution is 6.53. The second-order valence-corrected chi connectivity index (χ2v) is 5.03. The summed E-state index contributed by atoms with van der Waals surface area (Å²) in [5, 5.41) is 0. The zero-order valence-electron chi connectivity index (χ0n) is 12.4. The van der Waals surface area contributed by atoms with Gasteiger partial charge in [-0.25, -0.2) is 0 Å². The summed E-state index contributed by atoms with van der Waals surface area (Å²) in [6.07, 6.45) is 0.199. The summed E-state index contributed by atoms with van der Waals surface area (Å²) in [7, 11) is 0. The van der Waals surface area contributed by atoms with Gasteiger partial charge in [-0.15, -0.1) is 23.2 Å². The molecule has 14 heavy (non-hydrogen) atoms. The molecule has 1 aliphatic carbocycles. The van der Waals surface area contributed by atoms with Crippen LogP contribution < -0.4 is 0 Å². The fourth-order valence-electron chi connectivity index (χ4n) is 1.29. The van der Waals surface area contributed by atoms with Crippen LogP contribution in [0, 0.1) is 5.41 Å². The topological polar surface area (TPSA) is 17.1 Å². The van der Waals surface area contributed by atoms with E-state index in [4.69, 9.17) is 30.1 Å². The summed E-state index contributed by atoms with van der Waals surface area (Å²) in [5.41, 5.74) is -1.46. The van der Waals surface area contributed by atoms with Crippen molar-refractivity contribution in [1.29, 1.82) is 0 Å². The van der Waals surface area contributed by atoms with E-state index in [-0.39, 0.29) is 12.0 Å². The molecule has 0 aromatic heterocycles. The quantitative estimate of drug-likeness (QED) is 0.565. The number of carbonyl (C=O) groups is 1. The van der Waals surface area contributed by atoms with Crippen LogP contribution in [0.3, 0.4) is 0 Å². The first-order valence-electron chi connectivity index (χ1n) is 6.54. The predicted octanol–water partition coefficient (Wildman–Crippen LogP) is 3.45. The van der Waals surface area contributed by atoms with Crippen LogP contribution in [-0.4, -0.2) is 10.1 Å². The first kappa shape index (κ1) is 5.53. The highest BCUT2D eigenvalue weighted by Gasteiger charge is 2.67. The van der Waals surface area contributed by atoms with E-state index in [1.165, 1.54) is 6.92 Å². The molecule has 3 heteroatoms. The Balaban J connectivity index is 2.63. The number of ketones is 1. The van der Waals surface area contributed by atoms with Gasteiger partial charge in [-0.1, -0.05) is 30.2 Å². The average molecular weight is 234 g/mol. The van der Waals surface area contributed by atoms with E-state index < -0.39 is 45.7 Å². The molecule has 1 nitrogen and oxygen atoms in total. The van der Waals surface area contributed by atoms with Crippen molar-refractivity contribution in [1.82, 2.24) is 0 Å². The maximum atomic E-state index is 12.4. The molecule has 1 atom stereocenters. The van der Waals surface area contributed by atoms with Crippen LogP contribution in [0.2, 0.25) is 0 Å². The molecule has 1 unspecified atom stereocenters. The smallest absolute Gasteiger partial charge is 0.171 e. The van der Waals surface area contributed by atoms with Crippen LogP contribution >= 0.6 is 23.2 Å². The maximum Gasteiger partial charge on any atom is 0.171 e. The molecule has 0 saturated heterocycles. The fraction of sp³-hybridized carbons (Fsp3) is 0.364. The van der Waals surface area contributed by atoms with Gasteiger partial charge in [0.1, 0.15) is 4.33 Å². The lowest BCUT2D eigenvalue weighted by Gasteiger charge is -2.10. The SMILES string of the molecule is [2H]c1c([2H])c([2H])c(C(=O)C2(C)CC2(Cl)Cl)c([2H])c1[2H]. The number of hydrogen-bond acceptors (Lipinski definition) is 1. The summed E-state index contributed by atoms with van der Waals surface area (Å²) in [6.45, 7) is 1.52. The molecule has 0 amide bonds. The number of alkyl halides is 2. The summed E-state index contributed by atoms with van der Waals surface area (Å²) in [5.74, 6) is -0.616. The van der Waals surface area contributed by atoms with E-state index in [9.17, 15) is 4.79 Å². The summed E-state index contributed by atoms with van der Waals surface area (Å²) < 4.78 is 36.7. The third-order valence-corrected chi connectivity index (χ3v) is 3.59. The molecule has 74 valence electrons. The number of rotatable bonds is 2. The highest BCUT2D eigenvalue weighted by Crippen LogP contribution is 2.64. The molecule has 1 aromatic carbocycles. The lowest BCUT2D eigenvalue weighted by Crippen LogP contribution is -2.18. The van der Waals surface area contributed by atoms with Crippen molar-refractivity contribution in [3.05, 3.63) is 35.8 Å². The Kier molecular flexibility index (Phi) is 1.18. The average Bonchev–Trinajstić information content (AvgIpc) is 2.85. The maximum absolute atomic E-state index is 12.4. The Morgan fingerprint density at radius 1 is 1.43 bits per heavy atom. The molecule has 0 heterocycles. The van der Waals surface area contributed by atoms with Gasteiger partial charge in [0.05, 0.1) is 12.3 Å². The molecule has 0 spiro atoms. The van der Waals surface area contributed by atoms with Crippen molar-refractivity contribution >= 4 is 29.0 Å². The van der Waals surface area contributed by atoms with Gasteiger partial charge in [-0.2, -0.15) is 0 Å². The number of carbonyl (C=O) groups excluding carboxylic acids is 1. The van der Waals surface area contributed by atoms with Gasteiger partial charge in [0.2, 0.25) is 0 Å². The Morgan fingerprint density at radius 2 is 1.93 bits per heavy atom. The van der Waals surface area contributed by atoms with Crippen molar-refractivity contribution in [2.75, 3.05) is 0 Å². The minimum atomic E-state index is -1.24. The van der Waals surface area contributed by atoms with E-state index in [0.717, 1.165) is 0 Å². The Labute approximate surface area is 100 Å². The third kappa shape index (κ3) is 1.35. The number of benzene rings is 1. The molecular formula is C11H10Cl2O. The first-order chi connectivity index (χ1) is 8.54. The van der Waals surface area contributed by atoms with Gasteiger partial charge < -0.3 is 0 Å². The molecule has 0 bridgehead atoms. The van der Waals surface area contributed by atoms with Crippen molar-refractivity contribution in [3.8, 4) is 0 Å². The zero-order valence-corrected chi connectivity index (χ0v) is 8.88. The lowest BCUT2D eigenvalue weighted by molar-refractivity contribution is 0.0911. The van der Waals surface area contributed by atoms with Gasteiger partial charge in [0.25, 0.3) is 0 Å². The molecule has 0 aliphatic heterocycles. The van der Waals surface area contributed by atoms with Crippen molar-refractivity contribution in [3.63, 3.8) is 0 Å². The Morgan fingerprint density at radius 3 is 2.36 bits per heavy atom. The summed E-state index contributed by atoms with van der Waals surface area (Å²) >= 11 is 11.8. The van der Waals surface area contributed by atoms with Crippen molar-refractivity contribution < 1.29 is 11.6 Å².